The van der Waals surface area contributed by atoms with Gasteiger partial charge in [-0.05, 0) is 13.0 Å². The van der Waals surface area contributed by atoms with E-state index in [9.17, 15) is 17.9 Å². The van der Waals surface area contributed by atoms with Crippen LogP contribution in [0.1, 0.15) is 38.3 Å². The largest absolute Gasteiger partial charge is 0.760 e. The van der Waals surface area contributed by atoms with Gasteiger partial charge in [-0.2, -0.15) is 18.1 Å². The summed E-state index contributed by atoms with van der Waals surface area (Å²) in [6.07, 6.45) is 3.83. The minimum atomic E-state index is -2.32. The Morgan fingerprint density at radius 3 is 2.44 bits per heavy atom. The predicted octanol–water partition coefficient (Wildman–Crippen LogP) is 2.89. The van der Waals surface area contributed by atoms with E-state index in [2.05, 4.69) is 14.0 Å². The standard InChI is InChI=1S/C13H17FN2O3S.C2H6.CH5P.Y/c1-2-12-8-11(9-15-20(18)19)4-5-13(12)16(10-17)7-3-6-14;2*1-2;/h2,4-5,8,15H,3,6-7,9H2,1H3,(H,18,19);1-2H3;2H2,1H3;/q-2;;;/p-1. The van der Waals surface area contributed by atoms with Gasteiger partial charge in [0.05, 0.1) is 13.1 Å². The second-order valence-corrected chi connectivity index (χ2v) is 4.78. The molecule has 1 aromatic rings. The number of anilines is 1. The molecular weight excluding hydrogens is 439 g/mol. The van der Waals surface area contributed by atoms with E-state index in [1.54, 1.807) is 38.0 Å². The van der Waals surface area contributed by atoms with Crippen LogP contribution in [0.25, 0.3) is 0 Å². The normalized spacial score (nSPS) is 10.0. The molecule has 0 fully saturated rings. The Balaban J connectivity index is -0.000000899. The fraction of sp³-hybridized carbons (Fsp3) is 0.500. The number of carbonyl (C=O) groups excluding carboxylic acids is 1. The first-order valence-electron chi connectivity index (χ1n) is 7.66. The second kappa shape index (κ2) is 20.4. The van der Waals surface area contributed by atoms with Gasteiger partial charge in [0.25, 0.3) is 0 Å². The molecular formula is C16H27FN2O3PSY-3. The third kappa shape index (κ3) is 13.0. The number of nitrogens with zero attached hydrogens (tertiary/aromatic N) is 1. The number of halogens is 1. The molecule has 1 N–H and O–H groups in total. The number of hydrogen-bond donors (Lipinski definition) is 1. The van der Waals surface area contributed by atoms with Crippen molar-refractivity contribution in [1.29, 1.82) is 0 Å². The van der Waals surface area contributed by atoms with E-state index in [1.165, 1.54) is 4.90 Å². The van der Waals surface area contributed by atoms with Gasteiger partial charge < -0.3 is 14.2 Å². The van der Waals surface area contributed by atoms with E-state index in [1.807, 2.05) is 20.5 Å². The molecule has 1 amide bonds. The molecule has 25 heavy (non-hydrogen) atoms. The molecule has 0 aliphatic carbocycles. The van der Waals surface area contributed by atoms with Crippen LogP contribution in [0.2, 0.25) is 0 Å². The van der Waals surface area contributed by atoms with Crippen molar-refractivity contribution < 1.29 is 50.7 Å². The molecule has 0 aromatic heterocycles. The van der Waals surface area contributed by atoms with E-state index >= 15 is 0 Å². The molecule has 0 heterocycles. The van der Waals surface area contributed by atoms with E-state index in [0.717, 1.165) is 11.1 Å². The maximum absolute atomic E-state index is 12.2. The Hall–Kier alpha value is 0.0939. The average Bonchev–Trinajstić information content (AvgIpc) is 2.64. The first kappa shape index (κ1) is 29.8. The Kier molecular flexibility index (Phi) is 24.4. The first-order chi connectivity index (χ1) is 11.6. The number of amides is 1. The molecule has 143 valence electrons. The number of alkyl halides is 1. The van der Waals surface area contributed by atoms with Crippen molar-refractivity contribution in [3.05, 3.63) is 35.7 Å². The van der Waals surface area contributed by atoms with Crippen LogP contribution in [-0.2, 0) is 55.3 Å². The molecule has 0 aliphatic heterocycles. The van der Waals surface area contributed by atoms with Gasteiger partial charge in [-0.15, -0.1) is 21.0 Å². The summed E-state index contributed by atoms with van der Waals surface area (Å²) in [7, 11) is 2.42. The van der Waals surface area contributed by atoms with Crippen LogP contribution in [0, 0.1) is 6.42 Å². The maximum Gasteiger partial charge on any atom is 0.0910 e. The Morgan fingerprint density at radius 2 is 2.00 bits per heavy atom. The Morgan fingerprint density at radius 1 is 1.40 bits per heavy atom. The number of nitrogens with one attached hydrogen (secondary N) is 1. The van der Waals surface area contributed by atoms with E-state index < -0.39 is 17.9 Å². The third-order valence-electron chi connectivity index (χ3n) is 2.71. The molecule has 2 unspecified atom stereocenters. The Bertz CT molecular complexity index is 485. The number of hydrogen-bond acceptors (Lipinski definition) is 3. The van der Waals surface area contributed by atoms with Crippen LogP contribution in [0.5, 0.6) is 0 Å². The summed E-state index contributed by atoms with van der Waals surface area (Å²) in [6, 6.07) is 5.18. The van der Waals surface area contributed by atoms with Crippen LogP contribution in [0.4, 0.5) is 10.1 Å². The van der Waals surface area contributed by atoms with Gasteiger partial charge >= 0.3 is 0 Å². The predicted molar refractivity (Wildman–Crippen MR) is 102 cm³/mol. The molecule has 0 aliphatic rings. The summed E-state index contributed by atoms with van der Waals surface area (Å²) < 4.78 is 35.4. The van der Waals surface area contributed by atoms with Crippen molar-refractivity contribution >= 4 is 32.6 Å². The van der Waals surface area contributed by atoms with Crippen LogP contribution < -0.4 is 9.62 Å². The van der Waals surface area contributed by atoms with Gasteiger partial charge in [0.2, 0.25) is 0 Å². The maximum atomic E-state index is 12.2. The zero-order valence-corrected chi connectivity index (χ0v) is 20.1. The van der Waals surface area contributed by atoms with Crippen molar-refractivity contribution in [2.75, 3.05) is 24.8 Å². The summed E-state index contributed by atoms with van der Waals surface area (Å²) in [5, 5.41) is 0. The molecule has 0 saturated heterocycles. The third-order valence-corrected chi connectivity index (χ3v) is 3.09. The smallest absolute Gasteiger partial charge is 0.0910 e. The molecule has 0 saturated carbocycles. The molecule has 0 spiro atoms. The van der Waals surface area contributed by atoms with E-state index in [0.29, 0.717) is 5.69 Å². The van der Waals surface area contributed by atoms with E-state index in [4.69, 9.17) is 0 Å². The van der Waals surface area contributed by atoms with E-state index in [-0.39, 0.29) is 52.2 Å². The molecule has 5 nitrogen and oxygen atoms in total. The van der Waals surface area contributed by atoms with Gasteiger partial charge in [0.15, 0.2) is 0 Å². The van der Waals surface area contributed by atoms with Crippen molar-refractivity contribution in [1.82, 2.24) is 4.72 Å². The van der Waals surface area contributed by atoms with Gasteiger partial charge in [-0.25, -0.2) is 4.72 Å². The summed E-state index contributed by atoms with van der Waals surface area (Å²) in [4.78, 5) is 12.3. The zero-order chi connectivity index (χ0) is 19.0. The molecule has 2 atom stereocenters. The molecule has 1 radical (unpaired) electrons. The number of benzene rings is 1. The number of rotatable bonds is 9. The van der Waals surface area contributed by atoms with Crippen molar-refractivity contribution in [2.24, 2.45) is 0 Å². The average molecular weight is 466 g/mol. The van der Waals surface area contributed by atoms with Crippen LogP contribution in [-0.4, -0.2) is 35.1 Å². The quantitative estimate of drug-likeness (QED) is 0.263. The van der Waals surface area contributed by atoms with Crippen molar-refractivity contribution in [3.8, 4) is 0 Å². The van der Waals surface area contributed by atoms with Gasteiger partial charge in [-0.1, -0.05) is 39.1 Å². The van der Waals surface area contributed by atoms with Crippen LogP contribution in [0.15, 0.2) is 18.2 Å². The first-order valence-corrected chi connectivity index (χ1v) is 9.89. The van der Waals surface area contributed by atoms with Crippen molar-refractivity contribution in [2.45, 2.75) is 33.7 Å². The monoisotopic (exact) mass is 466 g/mol. The molecule has 1 aromatic carbocycles. The van der Waals surface area contributed by atoms with Crippen molar-refractivity contribution in [3.63, 3.8) is 0 Å². The SMILES string of the molecule is CC.CP.C[CH-]c1cc(CNS(=O)[O-])ccc1N([C-]=O)CCCF.[Y]. The summed E-state index contributed by atoms with van der Waals surface area (Å²) >= 11 is -2.32. The summed E-state index contributed by atoms with van der Waals surface area (Å²) in [5.41, 5.74) is 2.16. The van der Waals surface area contributed by atoms with Gasteiger partial charge in [0.1, 0.15) is 0 Å². The van der Waals surface area contributed by atoms with Crippen LogP contribution in [0.3, 0.4) is 0 Å². The Labute approximate surface area is 181 Å². The molecule has 9 heteroatoms. The zero-order valence-electron chi connectivity index (χ0n) is 15.3. The minimum Gasteiger partial charge on any atom is -0.760 e. The molecule has 1 rings (SSSR count). The minimum absolute atomic E-state index is 0. The topological polar surface area (TPSA) is 72.5 Å². The summed E-state index contributed by atoms with van der Waals surface area (Å²) in [5.74, 6) is 0. The fourth-order valence-corrected chi connectivity index (χ4v) is 2.05. The molecule has 0 bridgehead atoms. The van der Waals surface area contributed by atoms with Crippen LogP contribution >= 0.6 is 9.24 Å². The van der Waals surface area contributed by atoms with Gasteiger partial charge in [0, 0.05) is 50.5 Å². The summed E-state index contributed by atoms with van der Waals surface area (Å²) in [6.45, 7) is 7.65. The second-order valence-electron chi connectivity index (χ2n) is 4.02. The fourth-order valence-electron chi connectivity index (χ4n) is 1.77. The van der Waals surface area contributed by atoms with Gasteiger partial charge in [-0.3, -0.25) is 8.60 Å².